The van der Waals surface area contributed by atoms with Gasteiger partial charge in [0.2, 0.25) is 0 Å². The number of carbonyl (C=O) groups is 2. The van der Waals surface area contributed by atoms with E-state index in [4.69, 9.17) is 9.47 Å². The summed E-state index contributed by atoms with van der Waals surface area (Å²) in [5.41, 5.74) is 2.68. The molecule has 33 heavy (non-hydrogen) atoms. The van der Waals surface area contributed by atoms with Crippen LogP contribution in [0.2, 0.25) is 0 Å². The Morgan fingerprint density at radius 1 is 1.03 bits per heavy atom. The zero-order chi connectivity index (χ0) is 24.3. The van der Waals surface area contributed by atoms with Crippen LogP contribution < -0.4 is 4.74 Å². The molecule has 2 aromatic carbocycles. The molecule has 0 aliphatic carbocycles. The predicted octanol–water partition coefficient (Wildman–Crippen LogP) is 5.59. The van der Waals surface area contributed by atoms with Crippen LogP contribution in [0.1, 0.15) is 45.7 Å². The first-order valence-electron chi connectivity index (χ1n) is 11.2. The molecule has 178 valence electrons. The number of hydrogen-bond donors (Lipinski definition) is 0. The number of hydrogen-bond acceptors (Lipinski definition) is 6. The number of ether oxygens (including phenoxy) is 2. The number of rotatable bonds is 11. The largest absolute Gasteiger partial charge is 0.488 e. The number of nitrogens with zero attached hydrogens (tertiary/aromatic N) is 1. The van der Waals surface area contributed by atoms with Crippen LogP contribution in [-0.2, 0) is 20.9 Å². The van der Waals surface area contributed by atoms with E-state index in [1.165, 1.54) is 17.3 Å². The lowest BCUT2D eigenvalue weighted by molar-refractivity contribution is -0.137. The fourth-order valence-corrected chi connectivity index (χ4v) is 3.89. The second-order valence-electron chi connectivity index (χ2n) is 8.70. The van der Waals surface area contributed by atoms with Crippen molar-refractivity contribution in [3.8, 4) is 5.75 Å². The molecule has 0 aromatic heterocycles. The Morgan fingerprint density at radius 3 is 2.27 bits per heavy atom. The Kier molecular flexibility index (Phi) is 10.7. The molecular weight excluding hydrogens is 434 g/mol. The standard InChI is InChI=1S/C27H35NO4S/c1-6-31-26(30)18-24(23-12-14-25(15-13-23)32-27(3,4)5)20-28(16-17-33-21(2)29)19-22-10-8-7-9-11-22/h7-15,18H,6,16-17,19-20H2,1-5H3. The molecule has 6 heteroatoms. The molecule has 0 unspecified atom stereocenters. The van der Waals surface area contributed by atoms with Crippen LogP contribution in [0.4, 0.5) is 0 Å². The van der Waals surface area contributed by atoms with Gasteiger partial charge in [-0.2, -0.15) is 0 Å². The highest BCUT2D eigenvalue weighted by molar-refractivity contribution is 8.13. The summed E-state index contributed by atoms with van der Waals surface area (Å²) in [7, 11) is 0. The quantitative estimate of drug-likeness (QED) is 0.316. The van der Waals surface area contributed by atoms with Crippen molar-refractivity contribution in [2.45, 2.75) is 46.8 Å². The first-order chi connectivity index (χ1) is 15.7. The molecule has 0 aliphatic rings. The second-order valence-corrected chi connectivity index (χ2v) is 9.97. The molecule has 0 heterocycles. The average molecular weight is 470 g/mol. The maximum absolute atomic E-state index is 12.3. The molecular formula is C27H35NO4S. The number of carbonyl (C=O) groups excluding carboxylic acids is 2. The molecule has 2 rings (SSSR count). The zero-order valence-electron chi connectivity index (χ0n) is 20.3. The van der Waals surface area contributed by atoms with Crippen molar-refractivity contribution in [3.63, 3.8) is 0 Å². The summed E-state index contributed by atoms with van der Waals surface area (Å²) >= 11 is 1.31. The van der Waals surface area contributed by atoms with Gasteiger partial charge in [-0.05, 0) is 56.5 Å². The van der Waals surface area contributed by atoms with Gasteiger partial charge in [-0.15, -0.1) is 0 Å². The van der Waals surface area contributed by atoms with Crippen molar-refractivity contribution in [2.24, 2.45) is 0 Å². The van der Waals surface area contributed by atoms with Gasteiger partial charge in [-0.3, -0.25) is 9.69 Å². The third kappa shape index (κ3) is 10.7. The molecule has 0 aliphatic heterocycles. The van der Waals surface area contributed by atoms with Crippen LogP contribution >= 0.6 is 11.8 Å². The summed E-state index contributed by atoms with van der Waals surface area (Å²) in [4.78, 5) is 26.0. The fourth-order valence-electron chi connectivity index (χ4n) is 3.25. The van der Waals surface area contributed by atoms with Gasteiger partial charge in [0, 0.05) is 38.4 Å². The van der Waals surface area contributed by atoms with Gasteiger partial charge in [-0.1, -0.05) is 54.2 Å². The van der Waals surface area contributed by atoms with Crippen LogP contribution in [0.3, 0.4) is 0 Å². The molecule has 0 atom stereocenters. The topological polar surface area (TPSA) is 55.8 Å². The van der Waals surface area contributed by atoms with E-state index in [9.17, 15) is 9.59 Å². The van der Waals surface area contributed by atoms with E-state index in [-0.39, 0.29) is 16.7 Å². The predicted molar refractivity (Wildman–Crippen MR) is 136 cm³/mol. The maximum atomic E-state index is 12.3. The van der Waals surface area contributed by atoms with Crippen LogP contribution in [0, 0.1) is 0 Å². The van der Waals surface area contributed by atoms with Gasteiger partial charge in [0.05, 0.1) is 6.61 Å². The van der Waals surface area contributed by atoms with Gasteiger partial charge in [0.25, 0.3) is 0 Å². The van der Waals surface area contributed by atoms with Gasteiger partial charge >= 0.3 is 5.97 Å². The molecule has 0 N–H and O–H groups in total. The van der Waals surface area contributed by atoms with Crippen molar-refractivity contribution < 1.29 is 19.1 Å². The first kappa shape index (κ1) is 26.7. The van der Waals surface area contributed by atoms with Gasteiger partial charge < -0.3 is 9.47 Å². The highest BCUT2D eigenvalue weighted by Gasteiger charge is 2.15. The molecule has 0 bridgehead atoms. The Bertz CT molecular complexity index is 917. The lowest BCUT2D eigenvalue weighted by Crippen LogP contribution is -2.28. The second kappa shape index (κ2) is 13.2. The lowest BCUT2D eigenvalue weighted by atomic mass is 10.0. The van der Waals surface area contributed by atoms with Crippen molar-refractivity contribution in [1.29, 1.82) is 0 Å². The Morgan fingerprint density at radius 2 is 1.70 bits per heavy atom. The number of esters is 1. The normalized spacial score (nSPS) is 12.0. The van der Waals surface area contributed by atoms with Crippen LogP contribution in [-0.4, -0.2) is 47.0 Å². The smallest absolute Gasteiger partial charge is 0.331 e. The lowest BCUT2D eigenvalue weighted by Gasteiger charge is -2.24. The Hall–Kier alpha value is -2.57. The summed E-state index contributed by atoms with van der Waals surface area (Å²) in [6, 6.07) is 18.0. The van der Waals surface area contributed by atoms with Crippen molar-refractivity contribution in [2.75, 3.05) is 25.4 Å². The van der Waals surface area contributed by atoms with Crippen LogP contribution in [0.15, 0.2) is 60.7 Å². The van der Waals surface area contributed by atoms with Crippen molar-refractivity contribution >= 4 is 28.4 Å². The van der Waals surface area contributed by atoms with Crippen molar-refractivity contribution in [3.05, 3.63) is 71.8 Å². The number of benzene rings is 2. The third-order valence-electron chi connectivity index (χ3n) is 4.58. The van der Waals surface area contributed by atoms with Gasteiger partial charge in [-0.25, -0.2) is 4.79 Å². The van der Waals surface area contributed by atoms with Crippen LogP contribution in [0.25, 0.3) is 5.57 Å². The van der Waals surface area contributed by atoms with Crippen LogP contribution in [0.5, 0.6) is 5.75 Å². The Labute approximate surface area is 202 Å². The van der Waals surface area contributed by atoms with E-state index in [2.05, 4.69) is 17.0 Å². The van der Waals surface area contributed by atoms with E-state index in [1.54, 1.807) is 19.9 Å². The zero-order valence-corrected chi connectivity index (χ0v) is 21.1. The van der Waals surface area contributed by atoms with E-state index >= 15 is 0 Å². The molecule has 5 nitrogen and oxygen atoms in total. The minimum absolute atomic E-state index is 0.103. The summed E-state index contributed by atoms with van der Waals surface area (Å²) in [6.45, 7) is 11.7. The molecule has 0 fully saturated rings. The van der Waals surface area contributed by atoms with Gasteiger partial charge in [0.1, 0.15) is 11.4 Å². The van der Waals surface area contributed by atoms with E-state index in [0.29, 0.717) is 32.0 Å². The summed E-state index contributed by atoms with van der Waals surface area (Å²) in [5.74, 6) is 1.11. The summed E-state index contributed by atoms with van der Waals surface area (Å²) in [5, 5.41) is 0.103. The highest BCUT2D eigenvalue weighted by Crippen LogP contribution is 2.24. The average Bonchev–Trinajstić information content (AvgIpc) is 2.73. The number of thioether (sulfide) groups is 1. The van der Waals surface area contributed by atoms with Gasteiger partial charge in [0.15, 0.2) is 5.12 Å². The third-order valence-corrected chi connectivity index (χ3v) is 5.38. The molecule has 0 radical (unpaired) electrons. The molecule has 0 spiro atoms. The molecule has 0 saturated heterocycles. The first-order valence-corrected chi connectivity index (χ1v) is 12.2. The molecule has 0 amide bonds. The van der Waals surface area contributed by atoms with E-state index in [1.807, 2.05) is 63.2 Å². The summed E-state index contributed by atoms with van der Waals surface area (Å²) in [6.07, 6.45) is 1.57. The molecule has 0 saturated carbocycles. The van der Waals surface area contributed by atoms with E-state index in [0.717, 1.165) is 16.9 Å². The highest BCUT2D eigenvalue weighted by atomic mass is 32.2. The monoisotopic (exact) mass is 469 g/mol. The fraction of sp³-hybridized carbons (Fsp3) is 0.407. The molecule has 2 aromatic rings. The van der Waals surface area contributed by atoms with Crippen molar-refractivity contribution in [1.82, 2.24) is 4.90 Å². The SMILES string of the molecule is CCOC(=O)C=C(CN(CCSC(C)=O)Cc1ccccc1)c1ccc(OC(C)(C)C)cc1. The minimum Gasteiger partial charge on any atom is -0.488 e. The summed E-state index contributed by atoms with van der Waals surface area (Å²) < 4.78 is 11.1. The Balaban J connectivity index is 2.28. The minimum atomic E-state index is -0.361. The maximum Gasteiger partial charge on any atom is 0.331 e. The van der Waals surface area contributed by atoms with E-state index < -0.39 is 0 Å².